The van der Waals surface area contributed by atoms with E-state index in [1.807, 2.05) is 33.8 Å². The lowest BCUT2D eigenvalue weighted by molar-refractivity contribution is 0.00578. The molecule has 1 saturated heterocycles. The number of halogens is 2. The van der Waals surface area contributed by atoms with Crippen molar-refractivity contribution in [2.45, 2.75) is 38.9 Å². The van der Waals surface area contributed by atoms with Crippen molar-refractivity contribution >= 4 is 40.1 Å². The second-order valence-corrected chi connectivity index (χ2v) is 6.34. The predicted molar refractivity (Wildman–Crippen MR) is 72.7 cm³/mol. The van der Waals surface area contributed by atoms with Gasteiger partial charge in [-0.05, 0) is 49.7 Å². The number of pyridine rings is 1. The first-order valence-electron chi connectivity index (χ1n) is 5.39. The van der Waals surface area contributed by atoms with Crippen molar-refractivity contribution in [3.8, 4) is 0 Å². The van der Waals surface area contributed by atoms with Crippen molar-refractivity contribution in [3.63, 3.8) is 0 Å². The minimum atomic E-state index is -0.452. The van der Waals surface area contributed by atoms with Gasteiger partial charge in [0, 0.05) is 11.7 Å². The number of aromatic nitrogens is 1. The highest BCUT2D eigenvalue weighted by atomic mass is 79.9. The molecule has 1 aliphatic heterocycles. The largest absolute Gasteiger partial charge is 0.496 e. The summed E-state index contributed by atoms with van der Waals surface area (Å²) in [7, 11) is -0.452. The molecular formula is C11H14BBrClNO2. The van der Waals surface area contributed by atoms with E-state index in [1.165, 1.54) is 0 Å². The van der Waals surface area contributed by atoms with Gasteiger partial charge in [0.1, 0.15) is 4.60 Å². The van der Waals surface area contributed by atoms with Crippen LogP contribution in [-0.4, -0.2) is 23.3 Å². The van der Waals surface area contributed by atoms with Crippen molar-refractivity contribution in [2.75, 3.05) is 0 Å². The van der Waals surface area contributed by atoms with Crippen LogP contribution in [0, 0.1) is 0 Å². The molecule has 2 heterocycles. The van der Waals surface area contributed by atoms with Gasteiger partial charge in [0.25, 0.3) is 0 Å². The second kappa shape index (κ2) is 4.23. The predicted octanol–water partition coefficient (Wildman–Crippen LogP) is 2.80. The lowest BCUT2D eigenvalue weighted by atomic mass is 9.80. The van der Waals surface area contributed by atoms with Crippen LogP contribution in [-0.2, 0) is 9.31 Å². The summed E-state index contributed by atoms with van der Waals surface area (Å²) in [6.45, 7) is 8.04. The van der Waals surface area contributed by atoms with Crippen LogP contribution in [0.2, 0.25) is 5.02 Å². The fourth-order valence-electron chi connectivity index (χ4n) is 1.58. The van der Waals surface area contributed by atoms with Crippen molar-refractivity contribution < 1.29 is 9.31 Å². The van der Waals surface area contributed by atoms with Gasteiger partial charge in [-0.3, -0.25) is 0 Å². The van der Waals surface area contributed by atoms with Crippen LogP contribution >= 0.6 is 27.5 Å². The van der Waals surface area contributed by atoms with E-state index in [1.54, 1.807) is 6.20 Å². The number of hydrogen-bond acceptors (Lipinski definition) is 3. The van der Waals surface area contributed by atoms with E-state index in [0.717, 1.165) is 5.46 Å². The molecule has 0 radical (unpaired) electrons. The number of rotatable bonds is 1. The third-order valence-corrected chi connectivity index (χ3v) is 4.11. The Bertz CT molecular complexity index is 437. The minimum Gasteiger partial charge on any atom is -0.399 e. The van der Waals surface area contributed by atoms with E-state index in [2.05, 4.69) is 20.9 Å². The molecule has 1 aromatic rings. The minimum absolute atomic E-state index is 0.364. The average molecular weight is 318 g/mol. The van der Waals surface area contributed by atoms with Gasteiger partial charge in [-0.2, -0.15) is 0 Å². The average Bonchev–Trinajstić information content (AvgIpc) is 2.40. The second-order valence-electron chi connectivity index (χ2n) is 5.12. The zero-order valence-electron chi connectivity index (χ0n) is 10.3. The molecule has 3 nitrogen and oxygen atoms in total. The molecule has 0 saturated carbocycles. The van der Waals surface area contributed by atoms with Gasteiger partial charge in [-0.25, -0.2) is 4.98 Å². The molecule has 0 amide bonds. The molecule has 2 rings (SSSR count). The Morgan fingerprint density at radius 3 is 2.29 bits per heavy atom. The number of hydrogen-bond donors (Lipinski definition) is 0. The molecule has 0 N–H and O–H groups in total. The Morgan fingerprint density at radius 2 is 1.76 bits per heavy atom. The molecule has 92 valence electrons. The van der Waals surface area contributed by atoms with Gasteiger partial charge in [0.15, 0.2) is 0 Å². The van der Waals surface area contributed by atoms with E-state index in [0.29, 0.717) is 9.63 Å². The summed E-state index contributed by atoms with van der Waals surface area (Å²) in [6, 6.07) is 1.82. The summed E-state index contributed by atoms with van der Waals surface area (Å²) in [6.07, 6.45) is 1.59. The zero-order chi connectivity index (χ0) is 12.8. The van der Waals surface area contributed by atoms with E-state index in [-0.39, 0.29) is 11.2 Å². The fraction of sp³-hybridized carbons (Fsp3) is 0.545. The van der Waals surface area contributed by atoms with Crippen LogP contribution in [0.3, 0.4) is 0 Å². The first-order valence-corrected chi connectivity index (χ1v) is 6.57. The van der Waals surface area contributed by atoms with Crippen molar-refractivity contribution in [2.24, 2.45) is 0 Å². The highest BCUT2D eigenvalue weighted by molar-refractivity contribution is 9.10. The smallest absolute Gasteiger partial charge is 0.399 e. The summed E-state index contributed by atoms with van der Waals surface area (Å²) in [5, 5.41) is 0.548. The van der Waals surface area contributed by atoms with E-state index >= 15 is 0 Å². The quantitative estimate of drug-likeness (QED) is 0.589. The molecule has 6 heteroatoms. The summed E-state index contributed by atoms with van der Waals surface area (Å²) >= 11 is 9.44. The highest BCUT2D eigenvalue weighted by Gasteiger charge is 2.52. The maximum Gasteiger partial charge on any atom is 0.496 e. The van der Waals surface area contributed by atoms with Crippen LogP contribution in [0.5, 0.6) is 0 Å². The number of nitrogens with zero attached hydrogens (tertiary/aromatic N) is 1. The van der Waals surface area contributed by atoms with Crippen LogP contribution < -0.4 is 5.46 Å². The third-order valence-electron chi connectivity index (χ3n) is 3.36. The van der Waals surface area contributed by atoms with Gasteiger partial charge < -0.3 is 9.31 Å². The fourth-order valence-corrected chi connectivity index (χ4v) is 2.12. The highest BCUT2D eigenvalue weighted by Crippen LogP contribution is 2.37. The molecule has 1 aliphatic rings. The normalized spacial score (nSPS) is 21.9. The molecule has 0 unspecified atom stereocenters. The first kappa shape index (κ1) is 13.3. The molecule has 0 aliphatic carbocycles. The summed E-state index contributed by atoms with van der Waals surface area (Å²) in [5.41, 5.74) is 0.0696. The standard InChI is InChI=1S/C11H14BBrClNO2/c1-10(2)11(3,4)17-12(16-10)7-5-9(13)15-6-8(7)14/h5-6H,1-4H3. The van der Waals surface area contributed by atoms with Crippen LogP contribution in [0.15, 0.2) is 16.9 Å². The molecule has 1 aromatic heterocycles. The Labute approximate surface area is 115 Å². The Kier molecular flexibility index (Phi) is 3.32. The molecule has 0 atom stereocenters. The molecule has 0 aromatic carbocycles. The van der Waals surface area contributed by atoms with Gasteiger partial charge in [-0.1, -0.05) is 11.6 Å². The molecule has 0 spiro atoms. The van der Waals surface area contributed by atoms with E-state index in [9.17, 15) is 0 Å². The molecular weight excluding hydrogens is 304 g/mol. The zero-order valence-corrected chi connectivity index (χ0v) is 12.6. The lowest BCUT2D eigenvalue weighted by Crippen LogP contribution is -2.41. The third kappa shape index (κ3) is 2.39. The van der Waals surface area contributed by atoms with Gasteiger partial charge in [0.2, 0.25) is 0 Å². The van der Waals surface area contributed by atoms with E-state index < -0.39 is 7.12 Å². The summed E-state index contributed by atoms with van der Waals surface area (Å²) in [4.78, 5) is 4.06. The van der Waals surface area contributed by atoms with Crippen molar-refractivity contribution in [1.29, 1.82) is 0 Å². The maximum atomic E-state index is 6.12. The monoisotopic (exact) mass is 317 g/mol. The summed E-state index contributed by atoms with van der Waals surface area (Å²) < 4.78 is 12.6. The van der Waals surface area contributed by atoms with Crippen molar-refractivity contribution in [1.82, 2.24) is 4.98 Å². The van der Waals surface area contributed by atoms with Gasteiger partial charge in [0.05, 0.1) is 16.2 Å². The maximum absolute atomic E-state index is 6.12. The summed E-state index contributed by atoms with van der Waals surface area (Å²) in [5.74, 6) is 0. The van der Waals surface area contributed by atoms with Gasteiger partial charge in [-0.15, -0.1) is 0 Å². The lowest BCUT2D eigenvalue weighted by Gasteiger charge is -2.32. The van der Waals surface area contributed by atoms with Crippen molar-refractivity contribution in [3.05, 3.63) is 21.9 Å². The Balaban J connectivity index is 2.35. The van der Waals surface area contributed by atoms with Gasteiger partial charge >= 0.3 is 7.12 Å². The first-order chi connectivity index (χ1) is 7.73. The topological polar surface area (TPSA) is 31.4 Å². The Hall–Kier alpha value is -0.0951. The molecule has 1 fully saturated rings. The van der Waals surface area contributed by atoms with Crippen LogP contribution in [0.4, 0.5) is 0 Å². The molecule has 17 heavy (non-hydrogen) atoms. The Morgan fingerprint density at radius 1 is 1.24 bits per heavy atom. The molecule has 0 bridgehead atoms. The SMILES string of the molecule is CC1(C)OB(c2cc(Br)ncc2Cl)OC1(C)C. The van der Waals surface area contributed by atoms with E-state index in [4.69, 9.17) is 20.9 Å². The van der Waals surface area contributed by atoms with Crippen LogP contribution in [0.1, 0.15) is 27.7 Å². The van der Waals surface area contributed by atoms with Crippen LogP contribution in [0.25, 0.3) is 0 Å².